The van der Waals surface area contributed by atoms with E-state index in [4.69, 9.17) is 4.74 Å². The van der Waals surface area contributed by atoms with Crippen molar-refractivity contribution >= 4 is 11.7 Å². The van der Waals surface area contributed by atoms with Gasteiger partial charge in [0.1, 0.15) is 0 Å². The molecular weight excluding hydrogens is 204 g/mol. The molecule has 0 fully saturated rings. The fourth-order valence-electron chi connectivity index (χ4n) is 1.48. The van der Waals surface area contributed by atoms with Gasteiger partial charge in [0.25, 0.3) is 0 Å². The Balaban J connectivity index is 1.82. The Morgan fingerprint density at radius 2 is 2.12 bits per heavy atom. The molecule has 0 aromatic heterocycles. The van der Waals surface area contributed by atoms with Crippen LogP contribution in [-0.2, 0) is 4.74 Å². The second-order valence-corrected chi connectivity index (χ2v) is 3.54. The van der Waals surface area contributed by atoms with Gasteiger partial charge in [0.05, 0.1) is 6.26 Å². The van der Waals surface area contributed by atoms with Crippen molar-refractivity contribution in [1.82, 2.24) is 5.32 Å². The first-order valence-electron chi connectivity index (χ1n) is 5.27. The monoisotopic (exact) mass is 218 g/mol. The molecule has 0 bridgehead atoms. The van der Waals surface area contributed by atoms with Crippen LogP contribution in [0.5, 0.6) is 0 Å². The molecule has 1 aromatic rings. The number of carbonyl (C=O) groups is 1. The average molecular weight is 218 g/mol. The minimum atomic E-state index is -0.244. The Hall–Kier alpha value is -1.97. The number of hydrogen-bond donors (Lipinski definition) is 2. The minimum absolute atomic E-state index is 0.228. The molecule has 1 heterocycles. The Morgan fingerprint density at radius 1 is 1.31 bits per heavy atom. The van der Waals surface area contributed by atoms with Crippen molar-refractivity contribution < 1.29 is 9.53 Å². The number of anilines is 1. The van der Waals surface area contributed by atoms with Crippen molar-refractivity contribution in [3.63, 3.8) is 0 Å². The zero-order valence-electron chi connectivity index (χ0n) is 8.85. The third kappa shape index (κ3) is 3.02. The second kappa shape index (κ2) is 5.21. The first-order valence-corrected chi connectivity index (χ1v) is 5.27. The summed E-state index contributed by atoms with van der Waals surface area (Å²) in [6.45, 7) is 0. The molecule has 2 N–H and O–H groups in total. The van der Waals surface area contributed by atoms with Crippen LogP contribution in [0.2, 0.25) is 0 Å². The molecule has 16 heavy (non-hydrogen) atoms. The van der Waals surface area contributed by atoms with Gasteiger partial charge in [-0.05, 0) is 24.6 Å². The molecule has 1 aliphatic heterocycles. The predicted molar refractivity (Wildman–Crippen MR) is 61.8 cm³/mol. The summed E-state index contributed by atoms with van der Waals surface area (Å²) in [6.07, 6.45) is 5.06. The van der Waals surface area contributed by atoms with Crippen LogP contribution in [0.3, 0.4) is 0 Å². The molecule has 1 atom stereocenters. The van der Waals surface area contributed by atoms with E-state index in [0.717, 1.165) is 18.5 Å². The summed E-state index contributed by atoms with van der Waals surface area (Å²) in [6, 6.07) is 9.07. The highest BCUT2D eigenvalue weighted by molar-refractivity contribution is 5.89. The number of hydrogen-bond acceptors (Lipinski definition) is 2. The summed E-state index contributed by atoms with van der Waals surface area (Å²) in [5, 5.41) is 5.48. The Morgan fingerprint density at radius 3 is 2.81 bits per heavy atom. The lowest BCUT2D eigenvalue weighted by molar-refractivity contribution is 0.102. The number of carbonyl (C=O) groups excluding carboxylic acids is 1. The number of benzene rings is 1. The molecular formula is C12H14N2O2. The molecule has 2 rings (SSSR count). The summed E-state index contributed by atoms with van der Waals surface area (Å²) in [5.41, 5.74) is 0.770. The normalized spacial score (nSPS) is 18.6. The number of rotatable bonds is 2. The van der Waals surface area contributed by atoms with Gasteiger partial charge in [0, 0.05) is 12.1 Å². The molecule has 1 aliphatic rings. The number of ether oxygens (including phenoxy) is 1. The van der Waals surface area contributed by atoms with E-state index in [1.165, 1.54) is 0 Å². The van der Waals surface area contributed by atoms with Crippen LogP contribution >= 0.6 is 0 Å². The molecule has 4 heteroatoms. The van der Waals surface area contributed by atoms with E-state index in [2.05, 4.69) is 10.6 Å². The fourth-order valence-corrected chi connectivity index (χ4v) is 1.48. The molecule has 2 amide bonds. The van der Waals surface area contributed by atoms with Crippen molar-refractivity contribution in [3.8, 4) is 0 Å². The molecule has 1 unspecified atom stereocenters. The summed E-state index contributed by atoms with van der Waals surface area (Å²) >= 11 is 0. The number of allylic oxidation sites excluding steroid dienone is 1. The maximum absolute atomic E-state index is 11.6. The molecule has 0 saturated heterocycles. The maximum atomic E-state index is 11.6. The van der Waals surface area contributed by atoms with E-state index < -0.39 is 0 Å². The standard InChI is InChI=1S/C12H14N2O2/c15-12(13-10-6-2-1-3-7-10)14-11-8-4-5-9-16-11/h1-3,5-7,9,11H,4,8H2,(H2,13,14,15). The van der Waals surface area contributed by atoms with Crippen molar-refractivity contribution in [3.05, 3.63) is 42.7 Å². The van der Waals surface area contributed by atoms with Gasteiger partial charge in [-0.2, -0.15) is 0 Å². The van der Waals surface area contributed by atoms with Gasteiger partial charge >= 0.3 is 6.03 Å². The van der Waals surface area contributed by atoms with Crippen LogP contribution in [0.15, 0.2) is 42.7 Å². The Labute approximate surface area is 94.3 Å². The maximum Gasteiger partial charge on any atom is 0.322 e. The molecule has 0 spiro atoms. The molecule has 0 radical (unpaired) electrons. The van der Waals surface area contributed by atoms with E-state index in [-0.39, 0.29) is 12.3 Å². The van der Waals surface area contributed by atoms with Gasteiger partial charge < -0.3 is 15.4 Å². The lowest BCUT2D eigenvalue weighted by atomic mass is 10.2. The highest BCUT2D eigenvalue weighted by atomic mass is 16.5. The smallest absolute Gasteiger partial charge is 0.322 e. The lowest BCUT2D eigenvalue weighted by Crippen LogP contribution is -2.39. The highest BCUT2D eigenvalue weighted by Gasteiger charge is 2.13. The highest BCUT2D eigenvalue weighted by Crippen LogP contribution is 2.08. The van der Waals surface area contributed by atoms with Gasteiger partial charge in [-0.25, -0.2) is 4.79 Å². The van der Waals surface area contributed by atoms with Crippen molar-refractivity contribution in [1.29, 1.82) is 0 Å². The van der Waals surface area contributed by atoms with Crippen LogP contribution in [0, 0.1) is 0 Å². The van der Waals surface area contributed by atoms with Crippen LogP contribution in [0.4, 0.5) is 10.5 Å². The minimum Gasteiger partial charge on any atom is -0.479 e. The van der Waals surface area contributed by atoms with E-state index in [1.54, 1.807) is 6.26 Å². The third-order valence-corrected chi connectivity index (χ3v) is 2.26. The topological polar surface area (TPSA) is 50.4 Å². The lowest BCUT2D eigenvalue weighted by Gasteiger charge is -2.20. The molecule has 4 nitrogen and oxygen atoms in total. The van der Waals surface area contributed by atoms with Crippen LogP contribution in [-0.4, -0.2) is 12.3 Å². The zero-order chi connectivity index (χ0) is 11.2. The van der Waals surface area contributed by atoms with E-state index in [0.29, 0.717) is 0 Å². The van der Waals surface area contributed by atoms with Gasteiger partial charge in [-0.1, -0.05) is 18.2 Å². The van der Waals surface area contributed by atoms with E-state index in [1.807, 2.05) is 36.4 Å². The van der Waals surface area contributed by atoms with Crippen molar-refractivity contribution in [2.45, 2.75) is 19.1 Å². The first kappa shape index (κ1) is 10.5. The Kier molecular flexibility index (Phi) is 3.43. The number of nitrogens with one attached hydrogen (secondary N) is 2. The summed E-state index contributed by atoms with van der Waals surface area (Å²) in [7, 11) is 0. The predicted octanol–water partition coefficient (Wildman–Crippen LogP) is 2.46. The van der Waals surface area contributed by atoms with Crippen molar-refractivity contribution in [2.24, 2.45) is 0 Å². The van der Waals surface area contributed by atoms with Crippen LogP contribution in [0.25, 0.3) is 0 Å². The van der Waals surface area contributed by atoms with Crippen LogP contribution < -0.4 is 10.6 Å². The summed E-state index contributed by atoms with van der Waals surface area (Å²) in [4.78, 5) is 11.6. The second-order valence-electron chi connectivity index (χ2n) is 3.54. The molecule has 84 valence electrons. The molecule has 1 aromatic carbocycles. The number of para-hydroxylation sites is 1. The quantitative estimate of drug-likeness (QED) is 0.801. The molecule has 0 aliphatic carbocycles. The van der Waals surface area contributed by atoms with Gasteiger partial charge in [0.15, 0.2) is 6.23 Å². The zero-order valence-corrected chi connectivity index (χ0v) is 8.85. The largest absolute Gasteiger partial charge is 0.479 e. The molecule has 0 saturated carbocycles. The number of urea groups is 1. The fraction of sp³-hybridized carbons (Fsp3) is 0.250. The Bertz CT molecular complexity index is 376. The SMILES string of the molecule is O=C(Nc1ccccc1)NC1CCC=CO1. The van der Waals surface area contributed by atoms with E-state index >= 15 is 0 Å². The number of amides is 2. The van der Waals surface area contributed by atoms with Crippen LogP contribution in [0.1, 0.15) is 12.8 Å². The summed E-state index contributed by atoms with van der Waals surface area (Å²) < 4.78 is 5.23. The average Bonchev–Trinajstić information content (AvgIpc) is 2.31. The van der Waals surface area contributed by atoms with Gasteiger partial charge in [-0.3, -0.25) is 0 Å². The summed E-state index contributed by atoms with van der Waals surface area (Å²) in [5.74, 6) is 0. The van der Waals surface area contributed by atoms with Gasteiger partial charge in [-0.15, -0.1) is 0 Å². The van der Waals surface area contributed by atoms with Gasteiger partial charge in [0.2, 0.25) is 0 Å². The third-order valence-electron chi connectivity index (χ3n) is 2.26. The van der Waals surface area contributed by atoms with E-state index in [9.17, 15) is 4.79 Å². The van der Waals surface area contributed by atoms with Crippen molar-refractivity contribution in [2.75, 3.05) is 5.32 Å². The first-order chi connectivity index (χ1) is 7.84.